The number of amides is 1. The van der Waals surface area contributed by atoms with Gasteiger partial charge in [-0.1, -0.05) is 20.8 Å². The minimum atomic E-state index is -0.900. The summed E-state index contributed by atoms with van der Waals surface area (Å²) in [6.45, 7) is 6.02. The Morgan fingerprint density at radius 1 is 1.24 bits per heavy atom. The molecule has 25 heavy (non-hydrogen) atoms. The van der Waals surface area contributed by atoms with Crippen molar-refractivity contribution in [2.75, 3.05) is 5.32 Å². The molecule has 0 fully saturated rings. The number of carboxylic acid groups (broad SMARTS) is 1. The van der Waals surface area contributed by atoms with Gasteiger partial charge in [0.1, 0.15) is 6.54 Å². The fraction of sp³-hybridized carbons (Fsp3) is 0.278. The van der Waals surface area contributed by atoms with Gasteiger partial charge in [0.25, 0.3) is 5.91 Å². The molecule has 130 valence electrons. The van der Waals surface area contributed by atoms with Crippen LogP contribution in [-0.4, -0.2) is 31.7 Å². The van der Waals surface area contributed by atoms with Crippen LogP contribution in [0.15, 0.2) is 36.5 Å². The molecule has 0 aliphatic heterocycles. The van der Waals surface area contributed by atoms with E-state index in [1.54, 1.807) is 29.0 Å². The SMILES string of the molecule is CC(C)(C)c1cc(C(=O)Nc2ccc3c(ccn3CC(=O)O)c2)n[nH]1. The Hall–Kier alpha value is -3.09. The van der Waals surface area contributed by atoms with E-state index in [9.17, 15) is 9.59 Å². The van der Waals surface area contributed by atoms with Crippen molar-refractivity contribution < 1.29 is 14.7 Å². The molecule has 3 rings (SSSR count). The molecule has 3 aromatic rings. The number of aliphatic carboxylic acids is 1. The van der Waals surface area contributed by atoms with Crippen LogP contribution < -0.4 is 5.32 Å². The Kier molecular flexibility index (Phi) is 4.08. The smallest absolute Gasteiger partial charge is 0.323 e. The van der Waals surface area contributed by atoms with E-state index in [0.29, 0.717) is 11.4 Å². The average Bonchev–Trinajstić information content (AvgIpc) is 3.14. The van der Waals surface area contributed by atoms with E-state index in [1.807, 2.05) is 32.9 Å². The highest BCUT2D eigenvalue weighted by atomic mass is 16.4. The lowest BCUT2D eigenvalue weighted by Gasteiger charge is -2.14. The fourth-order valence-corrected chi connectivity index (χ4v) is 2.58. The number of aromatic amines is 1. The van der Waals surface area contributed by atoms with Gasteiger partial charge in [0.2, 0.25) is 0 Å². The van der Waals surface area contributed by atoms with Crippen LogP contribution in [0.4, 0.5) is 5.69 Å². The molecular formula is C18H20N4O3. The molecule has 3 N–H and O–H groups in total. The lowest BCUT2D eigenvalue weighted by molar-refractivity contribution is -0.137. The van der Waals surface area contributed by atoms with Crippen LogP contribution in [0.25, 0.3) is 10.9 Å². The van der Waals surface area contributed by atoms with E-state index in [1.165, 1.54) is 0 Å². The predicted molar refractivity (Wildman–Crippen MR) is 94.8 cm³/mol. The summed E-state index contributed by atoms with van der Waals surface area (Å²) in [4.78, 5) is 23.2. The molecule has 0 aliphatic carbocycles. The number of anilines is 1. The summed E-state index contributed by atoms with van der Waals surface area (Å²) in [5.74, 6) is -1.20. The number of nitrogens with zero attached hydrogens (tertiary/aromatic N) is 2. The van der Waals surface area contributed by atoms with Gasteiger partial charge in [-0.25, -0.2) is 0 Å². The maximum absolute atomic E-state index is 12.4. The van der Waals surface area contributed by atoms with Gasteiger partial charge in [0, 0.05) is 33.9 Å². The molecule has 0 bridgehead atoms. The van der Waals surface area contributed by atoms with Crippen molar-refractivity contribution in [1.29, 1.82) is 0 Å². The van der Waals surface area contributed by atoms with Gasteiger partial charge < -0.3 is 15.0 Å². The maximum Gasteiger partial charge on any atom is 0.323 e. The van der Waals surface area contributed by atoms with Gasteiger partial charge in [0.05, 0.1) is 0 Å². The predicted octanol–water partition coefficient (Wildman–Crippen LogP) is 3.00. The highest BCUT2D eigenvalue weighted by Crippen LogP contribution is 2.23. The summed E-state index contributed by atoms with van der Waals surface area (Å²) in [7, 11) is 0. The minimum absolute atomic E-state index is 0.0992. The summed E-state index contributed by atoms with van der Waals surface area (Å²) in [5.41, 5.74) is 2.53. The molecule has 1 aromatic carbocycles. The van der Waals surface area contributed by atoms with Crippen molar-refractivity contribution in [3.05, 3.63) is 47.9 Å². The molecule has 2 aromatic heterocycles. The number of hydrogen-bond donors (Lipinski definition) is 3. The maximum atomic E-state index is 12.4. The number of H-pyrrole nitrogens is 1. The quantitative estimate of drug-likeness (QED) is 0.679. The topological polar surface area (TPSA) is 100 Å². The van der Waals surface area contributed by atoms with Crippen molar-refractivity contribution in [3.8, 4) is 0 Å². The average molecular weight is 340 g/mol. The van der Waals surface area contributed by atoms with Gasteiger partial charge in [-0.2, -0.15) is 5.10 Å². The molecule has 2 heterocycles. The molecule has 0 atom stereocenters. The fourth-order valence-electron chi connectivity index (χ4n) is 2.58. The number of hydrogen-bond acceptors (Lipinski definition) is 3. The Bertz CT molecular complexity index is 947. The first-order valence-electron chi connectivity index (χ1n) is 7.92. The number of nitrogens with one attached hydrogen (secondary N) is 2. The molecule has 0 radical (unpaired) electrons. The van der Waals surface area contributed by atoms with E-state index >= 15 is 0 Å². The van der Waals surface area contributed by atoms with E-state index in [0.717, 1.165) is 16.6 Å². The summed E-state index contributed by atoms with van der Waals surface area (Å²) in [6, 6.07) is 8.91. The summed E-state index contributed by atoms with van der Waals surface area (Å²) >= 11 is 0. The first-order chi connectivity index (χ1) is 11.7. The van der Waals surface area contributed by atoms with Crippen LogP contribution in [0.2, 0.25) is 0 Å². The number of carbonyl (C=O) groups is 2. The number of fused-ring (bicyclic) bond motifs is 1. The molecule has 0 saturated carbocycles. The van der Waals surface area contributed by atoms with Crippen molar-refractivity contribution >= 4 is 28.5 Å². The van der Waals surface area contributed by atoms with Gasteiger partial charge >= 0.3 is 5.97 Å². The number of benzene rings is 1. The lowest BCUT2D eigenvalue weighted by atomic mass is 9.92. The zero-order valence-electron chi connectivity index (χ0n) is 14.3. The van der Waals surface area contributed by atoms with Gasteiger partial charge in [-0.3, -0.25) is 14.7 Å². The van der Waals surface area contributed by atoms with Crippen LogP contribution in [0, 0.1) is 0 Å². The normalized spacial score (nSPS) is 11.6. The summed E-state index contributed by atoms with van der Waals surface area (Å²) < 4.78 is 1.65. The van der Waals surface area contributed by atoms with Crippen LogP contribution in [0.3, 0.4) is 0 Å². The summed E-state index contributed by atoms with van der Waals surface area (Å²) in [5, 5.41) is 19.6. The van der Waals surface area contributed by atoms with E-state index in [4.69, 9.17) is 5.11 Å². The van der Waals surface area contributed by atoms with Crippen LogP contribution in [0.1, 0.15) is 37.0 Å². The van der Waals surface area contributed by atoms with Crippen molar-refractivity contribution in [1.82, 2.24) is 14.8 Å². The molecule has 0 saturated heterocycles. The Morgan fingerprint density at radius 3 is 2.64 bits per heavy atom. The van der Waals surface area contributed by atoms with Crippen LogP contribution in [0.5, 0.6) is 0 Å². The zero-order chi connectivity index (χ0) is 18.2. The third kappa shape index (κ3) is 3.55. The second kappa shape index (κ2) is 6.08. The largest absolute Gasteiger partial charge is 0.480 e. The molecule has 1 amide bonds. The molecule has 0 unspecified atom stereocenters. The number of rotatable bonds is 4. The molecule has 7 nitrogen and oxygen atoms in total. The van der Waals surface area contributed by atoms with Crippen molar-refractivity contribution in [2.24, 2.45) is 0 Å². The summed E-state index contributed by atoms with van der Waals surface area (Å²) in [6.07, 6.45) is 1.72. The van der Waals surface area contributed by atoms with Gasteiger partial charge in [-0.05, 0) is 30.3 Å². The van der Waals surface area contributed by atoms with E-state index in [-0.39, 0.29) is 17.9 Å². The van der Waals surface area contributed by atoms with E-state index in [2.05, 4.69) is 15.5 Å². The molecule has 0 aliphatic rings. The number of aromatic nitrogens is 3. The van der Waals surface area contributed by atoms with Gasteiger partial charge in [-0.15, -0.1) is 0 Å². The van der Waals surface area contributed by atoms with Crippen LogP contribution >= 0.6 is 0 Å². The third-order valence-electron chi connectivity index (χ3n) is 3.95. The Labute approximate surface area is 144 Å². The van der Waals surface area contributed by atoms with Gasteiger partial charge in [0.15, 0.2) is 5.69 Å². The molecular weight excluding hydrogens is 320 g/mol. The standard InChI is InChI=1S/C18H20N4O3/c1-18(2,3)15-9-13(20-21-15)17(25)19-12-4-5-14-11(8-12)6-7-22(14)10-16(23)24/h4-9H,10H2,1-3H3,(H,19,25)(H,20,21)(H,23,24). The molecule has 7 heteroatoms. The van der Waals surface area contributed by atoms with E-state index < -0.39 is 5.97 Å². The second-order valence-corrected chi connectivity index (χ2v) is 6.98. The molecule has 0 spiro atoms. The van der Waals surface area contributed by atoms with Crippen LogP contribution in [-0.2, 0) is 16.8 Å². The third-order valence-corrected chi connectivity index (χ3v) is 3.95. The Balaban J connectivity index is 1.79. The van der Waals surface area contributed by atoms with Crippen molar-refractivity contribution in [3.63, 3.8) is 0 Å². The highest BCUT2D eigenvalue weighted by Gasteiger charge is 2.19. The first kappa shape index (κ1) is 16.8. The second-order valence-electron chi connectivity index (χ2n) is 6.98. The highest BCUT2D eigenvalue weighted by molar-refractivity contribution is 6.04. The van der Waals surface area contributed by atoms with Crippen molar-refractivity contribution in [2.45, 2.75) is 32.7 Å². The lowest BCUT2D eigenvalue weighted by Crippen LogP contribution is -2.13. The first-order valence-corrected chi connectivity index (χ1v) is 7.92. The zero-order valence-corrected chi connectivity index (χ0v) is 14.3. The monoisotopic (exact) mass is 340 g/mol. The number of carboxylic acids is 1. The number of carbonyl (C=O) groups excluding carboxylic acids is 1. The minimum Gasteiger partial charge on any atom is -0.480 e. The Morgan fingerprint density at radius 2 is 2.00 bits per heavy atom.